The molecule has 3 aromatic rings. The molecule has 1 saturated heterocycles. The average molecular weight is 408 g/mol. The number of halogens is 1. The molecular formula is C22H21FN4O3. The van der Waals surface area contributed by atoms with Crippen LogP contribution in [-0.2, 0) is 16.1 Å². The molecule has 2 heterocycles. The van der Waals surface area contributed by atoms with Gasteiger partial charge in [-0.2, -0.15) is 0 Å². The Kier molecular flexibility index (Phi) is 5.56. The molecule has 7 nitrogen and oxygen atoms in total. The third kappa shape index (κ3) is 4.22. The lowest BCUT2D eigenvalue weighted by atomic mass is 9.92. The van der Waals surface area contributed by atoms with Gasteiger partial charge in [-0.25, -0.2) is 9.37 Å². The summed E-state index contributed by atoms with van der Waals surface area (Å²) in [6, 6.07) is 12.2. The van der Waals surface area contributed by atoms with Crippen LogP contribution in [-0.4, -0.2) is 27.4 Å². The Balaban J connectivity index is 1.43. The van der Waals surface area contributed by atoms with Crippen molar-refractivity contribution in [3.8, 4) is 0 Å². The molecule has 154 valence electrons. The number of piperidine rings is 1. The Morgan fingerprint density at radius 3 is 2.73 bits per heavy atom. The van der Waals surface area contributed by atoms with Crippen LogP contribution in [0.1, 0.15) is 30.9 Å². The number of amides is 2. The molecule has 30 heavy (non-hydrogen) atoms. The first-order valence-electron chi connectivity index (χ1n) is 9.79. The lowest BCUT2D eigenvalue weighted by Crippen LogP contribution is -2.50. The first-order chi connectivity index (χ1) is 14.5. The molecule has 0 spiro atoms. The van der Waals surface area contributed by atoms with Gasteiger partial charge in [0.2, 0.25) is 11.8 Å². The highest BCUT2D eigenvalue weighted by atomic mass is 19.1. The lowest BCUT2D eigenvalue weighted by molar-refractivity contribution is -0.127. The summed E-state index contributed by atoms with van der Waals surface area (Å²) < 4.78 is 14.7. The van der Waals surface area contributed by atoms with Crippen molar-refractivity contribution in [3.63, 3.8) is 0 Å². The van der Waals surface area contributed by atoms with Gasteiger partial charge in [0.25, 0.3) is 5.56 Å². The van der Waals surface area contributed by atoms with Gasteiger partial charge in [0.15, 0.2) is 0 Å². The molecule has 1 fully saturated rings. The van der Waals surface area contributed by atoms with E-state index in [1.807, 2.05) is 6.07 Å². The van der Waals surface area contributed by atoms with Gasteiger partial charge in [-0.1, -0.05) is 24.3 Å². The lowest BCUT2D eigenvalue weighted by Gasteiger charge is -2.33. The number of para-hydroxylation sites is 1. The van der Waals surface area contributed by atoms with Crippen LogP contribution in [0.15, 0.2) is 59.7 Å². The number of carbonyl (C=O) groups excluding carboxylic acids is 2. The van der Waals surface area contributed by atoms with Crippen molar-refractivity contribution in [2.45, 2.75) is 37.9 Å². The zero-order valence-electron chi connectivity index (χ0n) is 16.2. The number of carbonyl (C=O) groups is 2. The fourth-order valence-corrected chi connectivity index (χ4v) is 3.71. The van der Waals surface area contributed by atoms with E-state index in [9.17, 15) is 18.8 Å². The Labute approximate surface area is 171 Å². The molecule has 2 aromatic carbocycles. The summed E-state index contributed by atoms with van der Waals surface area (Å²) >= 11 is 0. The number of nitrogens with one attached hydrogen (secondary N) is 2. The van der Waals surface area contributed by atoms with Crippen molar-refractivity contribution in [2.24, 2.45) is 0 Å². The molecule has 0 radical (unpaired) electrons. The van der Waals surface area contributed by atoms with Crippen molar-refractivity contribution in [3.05, 3.63) is 76.6 Å². The number of nitrogens with zero attached hydrogens (tertiary/aromatic N) is 2. The average Bonchev–Trinajstić information content (AvgIpc) is 2.75. The Morgan fingerprint density at radius 1 is 1.17 bits per heavy atom. The predicted octanol–water partition coefficient (Wildman–Crippen LogP) is 2.06. The Hall–Kier alpha value is -3.55. The number of benzene rings is 2. The van der Waals surface area contributed by atoms with E-state index in [0.717, 1.165) is 5.56 Å². The quantitative estimate of drug-likeness (QED) is 0.676. The molecule has 1 aromatic heterocycles. The van der Waals surface area contributed by atoms with E-state index in [2.05, 4.69) is 15.6 Å². The summed E-state index contributed by atoms with van der Waals surface area (Å²) in [5, 5.41) is 6.32. The van der Waals surface area contributed by atoms with Gasteiger partial charge >= 0.3 is 0 Å². The summed E-state index contributed by atoms with van der Waals surface area (Å²) in [5.74, 6) is -0.706. The topological polar surface area (TPSA) is 93.1 Å². The van der Waals surface area contributed by atoms with Gasteiger partial charge in [0.05, 0.1) is 29.3 Å². The Bertz CT molecular complexity index is 1140. The van der Waals surface area contributed by atoms with Gasteiger partial charge < -0.3 is 10.6 Å². The second-order valence-electron chi connectivity index (χ2n) is 7.32. The SMILES string of the molecule is O=C(CCn1cnc2ccccc2c1=O)NC1CCC(=O)NC1c1ccc(F)cc1. The van der Waals surface area contributed by atoms with Crippen molar-refractivity contribution in [1.29, 1.82) is 0 Å². The molecule has 2 N–H and O–H groups in total. The van der Waals surface area contributed by atoms with Crippen LogP contribution in [0.25, 0.3) is 10.9 Å². The van der Waals surface area contributed by atoms with Gasteiger partial charge in [-0.05, 0) is 36.2 Å². The monoisotopic (exact) mass is 408 g/mol. The fraction of sp³-hybridized carbons (Fsp3) is 0.273. The molecule has 4 rings (SSSR count). The van der Waals surface area contributed by atoms with E-state index in [4.69, 9.17) is 0 Å². The van der Waals surface area contributed by atoms with Crippen molar-refractivity contribution < 1.29 is 14.0 Å². The minimum atomic E-state index is -0.430. The van der Waals surface area contributed by atoms with Crippen LogP contribution >= 0.6 is 0 Å². The molecule has 2 unspecified atom stereocenters. The second-order valence-corrected chi connectivity index (χ2v) is 7.32. The standard InChI is InChI=1S/C22H21FN4O3/c23-15-7-5-14(6-8-15)21-18(9-10-19(28)26-21)25-20(29)11-12-27-13-24-17-4-2-1-3-16(17)22(27)30/h1-8,13,18,21H,9-12H2,(H,25,29)(H,26,28). The van der Waals surface area contributed by atoms with E-state index in [1.165, 1.54) is 23.0 Å². The number of hydrogen-bond donors (Lipinski definition) is 2. The highest BCUT2D eigenvalue weighted by molar-refractivity contribution is 5.80. The first kappa shape index (κ1) is 19.8. The minimum absolute atomic E-state index is 0.0977. The number of hydrogen-bond acceptors (Lipinski definition) is 4. The molecule has 8 heteroatoms. The third-order valence-corrected chi connectivity index (χ3v) is 5.29. The summed E-state index contributed by atoms with van der Waals surface area (Å²) in [6.45, 7) is 0.197. The molecule has 0 saturated carbocycles. The maximum atomic E-state index is 13.2. The van der Waals surface area contributed by atoms with Gasteiger partial charge in [-0.15, -0.1) is 0 Å². The highest BCUT2D eigenvalue weighted by Gasteiger charge is 2.31. The van der Waals surface area contributed by atoms with E-state index in [0.29, 0.717) is 23.7 Å². The van der Waals surface area contributed by atoms with Crippen LogP contribution in [0.2, 0.25) is 0 Å². The summed E-state index contributed by atoms with van der Waals surface area (Å²) in [4.78, 5) is 41.2. The molecular weight excluding hydrogens is 387 g/mol. The second kappa shape index (κ2) is 8.44. The van der Waals surface area contributed by atoms with E-state index in [1.54, 1.807) is 30.3 Å². The Morgan fingerprint density at radius 2 is 1.93 bits per heavy atom. The van der Waals surface area contributed by atoms with Gasteiger partial charge in [0, 0.05) is 19.4 Å². The van der Waals surface area contributed by atoms with Crippen LogP contribution in [0, 0.1) is 5.82 Å². The minimum Gasteiger partial charge on any atom is -0.351 e. The smallest absolute Gasteiger partial charge is 0.261 e. The molecule has 1 aliphatic rings. The van der Waals surface area contributed by atoms with Crippen molar-refractivity contribution in [1.82, 2.24) is 20.2 Å². The molecule has 2 amide bonds. The van der Waals surface area contributed by atoms with E-state index < -0.39 is 6.04 Å². The number of aryl methyl sites for hydroxylation is 1. The zero-order chi connectivity index (χ0) is 21.1. The largest absolute Gasteiger partial charge is 0.351 e. The normalized spacial score (nSPS) is 18.8. The summed E-state index contributed by atoms with van der Waals surface area (Å²) in [6.07, 6.45) is 2.33. The zero-order valence-corrected chi connectivity index (χ0v) is 16.2. The summed E-state index contributed by atoms with van der Waals surface area (Å²) in [7, 11) is 0. The van der Waals surface area contributed by atoms with Crippen molar-refractivity contribution in [2.75, 3.05) is 0 Å². The fourth-order valence-electron chi connectivity index (χ4n) is 3.71. The molecule has 1 aliphatic heterocycles. The molecule has 0 aliphatic carbocycles. The maximum Gasteiger partial charge on any atom is 0.261 e. The highest BCUT2D eigenvalue weighted by Crippen LogP contribution is 2.24. The van der Waals surface area contributed by atoms with Gasteiger partial charge in [-0.3, -0.25) is 19.0 Å². The number of aromatic nitrogens is 2. The van der Waals surface area contributed by atoms with E-state index in [-0.39, 0.29) is 42.2 Å². The maximum absolute atomic E-state index is 13.2. The number of fused-ring (bicyclic) bond motifs is 1. The first-order valence-corrected chi connectivity index (χ1v) is 9.79. The van der Waals surface area contributed by atoms with Gasteiger partial charge in [0.1, 0.15) is 5.82 Å². The third-order valence-electron chi connectivity index (χ3n) is 5.29. The molecule has 0 bridgehead atoms. The van der Waals surface area contributed by atoms with Crippen LogP contribution in [0.4, 0.5) is 4.39 Å². The van der Waals surface area contributed by atoms with Crippen LogP contribution < -0.4 is 16.2 Å². The van der Waals surface area contributed by atoms with E-state index >= 15 is 0 Å². The predicted molar refractivity (Wildman–Crippen MR) is 109 cm³/mol. The van der Waals surface area contributed by atoms with Crippen LogP contribution in [0.5, 0.6) is 0 Å². The van der Waals surface area contributed by atoms with Crippen LogP contribution in [0.3, 0.4) is 0 Å². The van der Waals surface area contributed by atoms with Crippen molar-refractivity contribution >= 4 is 22.7 Å². The number of rotatable bonds is 5. The molecule has 2 atom stereocenters. The summed E-state index contributed by atoms with van der Waals surface area (Å²) in [5.41, 5.74) is 1.15.